The first kappa shape index (κ1) is 28.7. The van der Waals surface area contributed by atoms with Crippen LogP contribution in [0.5, 0.6) is 17.2 Å². The number of fused-ring (bicyclic) bond motifs is 2. The van der Waals surface area contributed by atoms with Crippen molar-refractivity contribution >= 4 is 37.0 Å². The number of aryl methyl sites for hydroxylation is 2. The van der Waals surface area contributed by atoms with Gasteiger partial charge in [-0.2, -0.15) is 0 Å². The summed E-state index contributed by atoms with van der Waals surface area (Å²) in [5, 5.41) is 1.99. The van der Waals surface area contributed by atoms with Crippen LogP contribution in [-0.4, -0.2) is 25.1 Å². The molecule has 0 radical (unpaired) electrons. The Morgan fingerprint density at radius 2 is 1.16 bits per heavy atom. The summed E-state index contributed by atoms with van der Waals surface area (Å²) in [6, 6.07) is 36.8. The standard InChI is InChI=1S/C17H20O.2C10H9NO.Al/c1-4-17(2,3)15-7-5-6-14(12-15)13-8-10-16(18)11-9-13;2*1-7-5-6-8-3-2-4-9(12)10(8)11-7;/h5-12,18H,4H2,1-3H3;2*2-6,12H,1H3;/q;;;+3/p-3. The molecule has 0 saturated heterocycles. The fraction of sp³-hybridized carbons (Fsp3) is 0.189. The average Bonchev–Trinajstić information content (AvgIpc) is 3.02. The van der Waals surface area contributed by atoms with Crippen LogP contribution < -0.4 is 11.4 Å². The molecule has 214 valence electrons. The number of nitrogens with zero attached hydrogens (tertiary/aromatic N) is 2. The lowest BCUT2D eigenvalue weighted by Crippen LogP contribution is -2.37. The van der Waals surface area contributed by atoms with Crippen LogP contribution in [0, 0.1) is 13.8 Å². The Morgan fingerprint density at radius 3 is 1.72 bits per heavy atom. The molecule has 2 aromatic heterocycles. The highest BCUT2D eigenvalue weighted by Crippen LogP contribution is 2.32. The van der Waals surface area contributed by atoms with E-state index in [1.165, 1.54) is 11.1 Å². The van der Waals surface area contributed by atoms with E-state index in [9.17, 15) is 0 Å². The maximum absolute atomic E-state index is 6.55. The Hall–Kier alpha value is -4.37. The first-order valence-corrected chi connectivity index (χ1v) is 16.1. The van der Waals surface area contributed by atoms with Crippen LogP contribution in [0.3, 0.4) is 0 Å². The van der Waals surface area contributed by atoms with Crippen LogP contribution in [0.25, 0.3) is 32.9 Å². The van der Waals surface area contributed by atoms with Crippen molar-refractivity contribution in [3.05, 3.63) is 126 Å². The number of para-hydroxylation sites is 2. The van der Waals surface area contributed by atoms with Gasteiger partial charge in [-0.05, 0) is 78.8 Å². The Labute approximate surface area is 258 Å². The van der Waals surface area contributed by atoms with Crippen LogP contribution >= 0.6 is 0 Å². The van der Waals surface area contributed by atoms with Gasteiger partial charge in [-0.25, -0.2) is 9.97 Å². The molecule has 6 heteroatoms. The molecule has 0 bridgehead atoms. The summed E-state index contributed by atoms with van der Waals surface area (Å²) in [5.74, 6) is 1.95. The molecule has 0 fully saturated rings. The van der Waals surface area contributed by atoms with Crippen molar-refractivity contribution in [1.29, 1.82) is 0 Å². The van der Waals surface area contributed by atoms with Gasteiger partial charge in [0.05, 0.1) is 5.75 Å². The Morgan fingerprint density at radius 1 is 0.605 bits per heavy atom. The van der Waals surface area contributed by atoms with Gasteiger partial charge in [0.15, 0.2) is 0 Å². The third-order valence-corrected chi connectivity index (χ3v) is 9.40. The molecule has 0 amide bonds. The Balaban J connectivity index is 1.33. The molecule has 0 N–H and O–H groups in total. The molecule has 0 aliphatic heterocycles. The van der Waals surface area contributed by atoms with Gasteiger partial charge in [-0.3, -0.25) is 0 Å². The van der Waals surface area contributed by atoms with Crippen LogP contribution in [0.1, 0.15) is 44.1 Å². The van der Waals surface area contributed by atoms with Crippen molar-refractivity contribution in [3.63, 3.8) is 0 Å². The van der Waals surface area contributed by atoms with E-state index < -0.39 is 15.1 Å². The summed E-state index contributed by atoms with van der Waals surface area (Å²) >= 11 is -2.86. The van der Waals surface area contributed by atoms with Crippen LogP contribution in [0.15, 0.2) is 109 Å². The van der Waals surface area contributed by atoms with Gasteiger partial charge in [0, 0.05) is 22.2 Å². The zero-order chi connectivity index (χ0) is 30.0. The monoisotopic (exact) mass is 582 g/mol. The molecule has 0 aliphatic rings. The van der Waals surface area contributed by atoms with Crippen molar-refractivity contribution in [2.24, 2.45) is 0 Å². The van der Waals surface area contributed by atoms with Crippen molar-refractivity contribution < 1.29 is 11.4 Å². The van der Waals surface area contributed by atoms with Gasteiger partial charge in [0.2, 0.25) is 0 Å². The largest absolute Gasteiger partial charge is 1.20 e. The van der Waals surface area contributed by atoms with Crippen molar-refractivity contribution in [2.75, 3.05) is 0 Å². The van der Waals surface area contributed by atoms with Crippen LogP contribution in [0.2, 0.25) is 0 Å². The quantitative estimate of drug-likeness (QED) is 0.159. The predicted octanol–water partition coefficient (Wildman–Crippen LogP) is 9.28. The average molecular weight is 583 g/mol. The van der Waals surface area contributed by atoms with Gasteiger partial charge < -0.3 is 11.4 Å². The second-order valence-electron chi connectivity index (χ2n) is 11.5. The minimum absolute atomic E-state index is 0.122. The molecule has 0 atom stereocenters. The lowest BCUT2D eigenvalue weighted by Gasteiger charge is -2.24. The molecule has 4 aromatic carbocycles. The minimum Gasteiger partial charge on any atom is -0.577 e. The fourth-order valence-electron chi connectivity index (χ4n) is 5.07. The van der Waals surface area contributed by atoms with E-state index in [2.05, 4.69) is 69.3 Å². The SMILES string of the molecule is CCC(C)(C)c1cccc(-c2ccc([O][Al]([O]c3cccc4ccc(C)nc34)[O]c3cccc4ccc(C)nc34)cc2)c1. The van der Waals surface area contributed by atoms with Gasteiger partial charge >= 0.3 is 15.1 Å². The smallest absolute Gasteiger partial charge is 0.577 e. The zero-order valence-corrected chi connectivity index (χ0v) is 26.5. The highest BCUT2D eigenvalue weighted by atomic mass is 27.3. The number of aromatic nitrogens is 2. The summed E-state index contributed by atoms with van der Waals surface area (Å²) < 4.78 is 19.6. The number of benzene rings is 4. The molecule has 5 nitrogen and oxygen atoms in total. The Kier molecular flexibility index (Phi) is 8.08. The van der Waals surface area contributed by atoms with Gasteiger partial charge in [0.25, 0.3) is 0 Å². The fourth-order valence-corrected chi connectivity index (χ4v) is 6.38. The zero-order valence-electron chi connectivity index (χ0n) is 25.3. The van der Waals surface area contributed by atoms with E-state index in [0.717, 1.165) is 45.2 Å². The number of hydrogen-bond acceptors (Lipinski definition) is 5. The second-order valence-corrected chi connectivity index (χ2v) is 12.8. The third-order valence-electron chi connectivity index (χ3n) is 8.04. The number of pyridine rings is 2. The first-order chi connectivity index (χ1) is 20.8. The summed E-state index contributed by atoms with van der Waals surface area (Å²) in [6.07, 6.45) is 1.08. The molecule has 0 aliphatic carbocycles. The molecule has 0 spiro atoms. The summed E-state index contributed by atoms with van der Waals surface area (Å²) in [4.78, 5) is 9.51. The highest BCUT2D eigenvalue weighted by Gasteiger charge is 2.45. The molecule has 0 saturated carbocycles. The third kappa shape index (κ3) is 6.37. The summed E-state index contributed by atoms with van der Waals surface area (Å²) in [6.45, 7) is 10.8. The topological polar surface area (TPSA) is 53.5 Å². The van der Waals surface area contributed by atoms with Gasteiger partial charge in [-0.1, -0.05) is 93.6 Å². The molecule has 2 heterocycles. The van der Waals surface area contributed by atoms with Gasteiger partial charge in [0.1, 0.15) is 22.5 Å². The second kappa shape index (κ2) is 12.1. The van der Waals surface area contributed by atoms with Crippen molar-refractivity contribution in [2.45, 2.75) is 46.5 Å². The lowest BCUT2D eigenvalue weighted by molar-refractivity contribution is 0.310. The van der Waals surface area contributed by atoms with Crippen LogP contribution in [0.4, 0.5) is 0 Å². The van der Waals surface area contributed by atoms with Gasteiger partial charge in [-0.15, -0.1) is 0 Å². The molecular formula is C37H35AlN2O3. The van der Waals surface area contributed by atoms with E-state index in [1.807, 2.05) is 74.5 Å². The van der Waals surface area contributed by atoms with Crippen molar-refractivity contribution in [3.8, 4) is 28.4 Å². The normalized spacial score (nSPS) is 11.5. The lowest BCUT2D eigenvalue weighted by atomic mass is 9.81. The maximum atomic E-state index is 6.55. The number of rotatable bonds is 9. The maximum Gasteiger partial charge on any atom is 1.20 e. The predicted molar refractivity (Wildman–Crippen MR) is 176 cm³/mol. The summed E-state index contributed by atoms with van der Waals surface area (Å²) in [7, 11) is 0. The van der Waals surface area contributed by atoms with E-state index >= 15 is 0 Å². The molecule has 6 aromatic rings. The molecular weight excluding hydrogens is 547 g/mol. The van der Waals surface area contributed by atoms with Crippen LogP contribution in [-0.2, 0) is 5.41 Å². The first-order valence-electron chi connectivity index (χ1n) is 14.7. The van der Waals surface area contributed by atoms with E-state index in [-0.39, 0.29) is 5.41 Å². The molecule has 0 unspecified atom stereocenters. The highest BCUT2D eigenvalue weighted by molar-refractivity contribution is 6.40. The number of hydrogen-bond donors (Lipinski definition) is 0. The van der Waals surface area contributed by atoms with E-state index in [4.69, 9.17) is 21.3 Å². The van der Waals surface area contributed by atoms with Crippen molar-refractivity contribution in [1.82, 2.24) is 9.97 Å². The van der Waals surface area contributed by atoms with E-state index in [1.54, 1.807) is 0 Å². The van der Waals surface area contributed by atoms with E-state index in [0.29, 0.717) is 17.2 Å². The Bertz CT molecular complexity index is 1820. The molecule has 6 rings (SSSR count). The summed E-state index contributed by atoms with van der Waals surface area (Å²) in [5.41, 5.74) is 7.16. The molecule has 43 heavy (non-hydrogen) atoms. The minimum atomic E-state index is -2.86.